The van der Waals surface area contributed by atoms with Gasteiger partial charge >= 0.3 is 11.8 Å². The van der Waals surface area contributed by atoms with Gasteiger partial charge in [0.05, 0.1) is 16.5 Å². The first-order valence-corrected chi connectivity index (χ1v) is 12.6. The van der Waals surface area contributed by atoms with E-state index in [0.717, 1.165) is 6.07 Å². The third-order valence-electron chi connectivity index (χ3n) is 6.80. The van der Waals surface area contributed by atoms with Crippen LogP contribution >= 0.6 is 0 Å². The highest BCUT2D eigenvalue weighted by molar-refractivity contribution is 6.16. The van der Waals surface area contributed by atoms with E-state index in [1.807, 2.05) is 0 Å². The molecule has 0 amide bonds. The Morgan fingerprint density at radius 1 is 0.829 bits per heavy atom. The molecule has 0 saturated carbocycles. The van der Waals surface area contributed by atoms with Crippen LogP contribution in [0.15, 0.2) is 119 Å². The summed E-state index contributed by atoms with van der Waals surface area (Å²) in [6.07, 6.45) is -2.08. The Labute approximate surface area is 231 Å². The molecule has 0 spiro atoms. The minimum Gasteiger partial charge on any atom is -0.489 e. The van der Waals surface area contributed by atoms with Gasteiger partial charge in [-0.15, -0.1) is 0 Å². The third kappa shape index (κ3) is 4.96. The van der Waals surface area contributed by atoms with Crippen LogP contribution in [0.5, 0.6) is 5.75 Å². The predicted octanol–water partition coefficient (Wildman–Crippen LogP) is 7.84. The van der Waals surface area contributed by atoms with Crippen molar-refractivity contribution in [2.45, 2.75) is 12.8 Å². The molecular weight excluding hydrogens is 531 g/mol. The summed E-state index contributed by atoms with van der Waals surface area (Å²) in [5, 5.41) is 1.31. The smallest absolute Gasteiger partial charge is 0.418 e. The van der Waals surface area contributed by atoms with E-state index in [9.17, 15) is 22.8 Å². The molecule has 5 nitrogen and oxygen atoms in total. The first-order valence-electron chi connectivity index (χ1n) is 12.6. The Kier molecular flexibility index (Phi) is 6.59. The molecule has 0 aliphatic rings. The first kappa shape index (κ1) is 26.0. The van der Waals surface area contributed by atoms with Crippen LogP contribution < -0.4 is 10.4 Å². The number of ether oxygens (including phenoxy) is 1. The van der Waals surface area contributed by atoms with E-state index in [1.54, 1.807) is 78.9 Å². The molecule has 2 heterocycles. The molecule has 0 atom stereocenters. The summed E-state index contributed by atoms with van der Waals surface area (Å²) in [5.41, 5.74) is 0.397. The SMILES string of the molecule is O=C(c1ccccc1)c1cnc2c(C(F)(F)F)cccc2c1-c1cccc(OCc2coc(=O)c3ccccc23)c1. The van der Waals surface area contributed by atoms with Crippen molar-refractivity contribution in [3.8, 4) is 16.9 Å². The molecule has 0 N–H and O–H groups in total. The molecule has 0 unspecified atom stereocenters. The summed E-state index contributed by atoms with van der Waals surface area (Å²) in [6, 6.07) is 26.1. The maximum atomic E-state index is 13.9. The van der Waals surface area contributed by atoms with Crippen molar-refractivity contribution >= 4 is 27.5 Å². The number of fused-ring (bicyclic) bond motifs is 2. The Balaban J connectivity index is 1.46. The number of para-hydroxylation sites is 1. The van der Waals surface area contributed by atoms with Crippen LogP contribution in [0.25, 0.3) is 32.8 Å². The van der Waals surface area contributed by atoms with Gasteiger partial charge < -0.3 is 9.15 Å². The number of carbonyl (C=O) groups is 1. The maximum Gasteiger partial charge on any atom is 0.418 e. The monoisotopic (exact) mass is 551 g/mol. The molecule has 0 fully saturated rings. The lowest BCUT2D eigenvalue weighted by molar-refractivity contribution is -0.136. The van der Waals surface area contributed by atoms with Crippen LogP contribution in [0.3, 0.4) is 0 Å². The Morgan fingerprint density at radius 3 is 2.32 bits per heavy atom. The minimum atomic E-state index is -4.63. The lowest BCUT2D eigenvalue weighted by Gasteiger charge is -2.16. The number of alkyl halides is 3. The average molecular weight is 552 g/mol. The molecule has 41 heavy (non-hydrogen) atoms. The second-order valence-electron chi connectivity index (χ2n) is 9.35. The molecule has 8 heteroatoms. The van der Waals surface area contributed by atoms with Crippen molar-refractivity contribution in [1.82, 2.24) is 4.98 Å². The van der Waals surface area contributed by atoms with Gasteiger partial charge in [-0.1, -0.05) is 72.8 Å². The fourth-order valence-corrected chi connectivity index (χ4v) is 4.89. The normalized spacial score (nSPS) is 11.6. The number of hydrogen-bond acceptors (Lipinski definition) is 5. The highest BCUT2D eigenvalue weighted by Crippen LogP contribution is 2.39. The Hall–Kier alpha value is -5.24. The molecule has 202 valence electrons. The number of benzene rings is 4. The van der Waals surface area contributed by atoms with E-state index in [2.05, 4.69) is 4.98 Å². The summed E-state index contributed by atoms with van der Waals surface area (Å²) < 4.78 is 52.8. The molecule has 6 rings (SSSR count). The van der Waals surface area contributed by atoms with Crippen LogP contribution in [0, 0.1) is 0 Å². The first-order chi connectivity index (χ1) is 19.8. The highest BCUT2D eigenvalue weighted by atomic mass is 19.4. The molecule has 6 aromatic rings. The quantitative estimate of drug-likeness (QED) is 0.197. The molecule has 0 radical (unpaired) electrons. The summed E-state index contributed by atoms with van der Waals surface area (Å²) in [7, 11) is 0. The lowest BCUT2D eigenvalue weighted by Crippen LogP contribution is -2.09. The van der Waals surface area contributed by atoms with Gasteiger partial charge in [0.1, 0.15) is 18.6 Å². The van der Waals surface area contributed by atoms with E-state index in [-0.39, 0.29) is 28.9 Å². The van der Waals surface area contributed by atoms with Crippen molar-refractivity contribution in [3.63, 3.8) is 0 Å². The van der Waals surface area contributed by atoms with Crippen LogP contribution in [-0.2, 0) is 12.8 Å². The van der Waals surface area contributed by atoms with Crippen LogP contribution in [0.2, 0.25) is 0 Å². The number of halogens is 3. The van der Waals surface area contributed by atoms with Crippen LogP contribution in [0.1, 0.15) is 27.0 Å². The Morgan fingerprint density at radius 2 is 1.54 bits per heavy atom. The zero-order valence-corrected chi connectivity index (χ0v) is 21.3. The van der Waals surface area contributed by atoms with Crippen molar-refractivity contribution in [2.75, 3.05) is 0 Å². The van der Waals surface area contributed by atoms with Gasteiger partial charge in [-0.05, 0) is 35.2 Å². The summed E-state index contributed by atoms with van der Waals surface area (Å²) in [5.74, 6) is 0.0392. The van der Waals surface area contributed by atoms with Crippen molar-refractivity contribution in [3.05, 3.63) is 142 Å². The second kappa shape index (κ2) is 10.4. The number of carbonyl (C=O) groups excluding carboxylic acids is 1. The highest BCUT2D eigenvalue weighted by Gasteiger charge is 2.34. The number of aromatic nitrogens is 1. The average Bonchev–Trinajstić information content (AvgIpc) is 2.99. The van der Waals surface area contributed by atoms with Crippen molar-refractivity contribution in [2.24, 2.45) is 0 Å². The fraction of sp³-hybridized carbons (Fsp3) is 0.0606. The molecule has 0 bridgehead atoms. The molecule has 4 aromatic carbocycles. The largest absolute Gasteiger partial charge is 0.489 e. The van der Waals surface area contributed by atoms with E-state index in [1.165, 1.54) is 24.6 Å². The molecular formula is C33H20F3NO4. The van der Waals surface area contributed by atoms with Gasteiger partial charge in [-0.3, -0.25) is 9.78 Å². The van der Waals surface area contributed by atoms with Crippen molar-refractivity contribution < 1.29 is 27.1 Å². The molecule has 0 saturated heterocycles. The van der Waals surface area contributed by atoms with Crippen molar-refractivity contribution in [1.29, 1.82) is 0 Å². The van der Waals surface area contributed by atoms with E-state index in [0.29, 0.717) is 38.8 Å². The van der Waals surface area contributed by atoms with Gasteiger partial charge in [0.15, 0.2) is 5.78 Å². The van der Waals surface area contributed by atoms with Crippen LogP contribution in [-0.4, -0.2) is 10.8 Å². The maximum absolute atomic E-state index is 13.9. The van der Waals surface area contributed by atoms with Gasteiger partial charge in [-0.2, -0.15) is 13.2 Å². The van der Waals surface area contributed by atoms with Gasteiger partial charge in [0, 0.05) is 33.8 Å². The molecule has 0 aliphatic heterocycles. The Bertz CT molecular complexity index is 1980. The van der Waals surface area contributed by atoms with E-state index < -0.39 is 17.4 Å². The standard InChI is InChI=1S/C33H20F3NO4/c34-33(35,36)28-15-7-14-26-29(27(17-37-30(26)28)31(38)20-8-2-1-3-9-20)21-10-6-11-23(16-21)40-18-22-19-41-32(39)25-13-5-4-12-24(22)25/h1-17,19H,18H2. The summed E-state index contributed by atoms with van der Waals surface area (Å²) in [4.78, 5) is 29.8. The van der Waals surface area contributed by atoms with Gasteiger partial charge in [0.25, 0.3) is 0 Å². The second-order valence-corrected chi connectivity index (χ2v) is 9.35. The fourth-order valence-electron chi connectivity index (χ4n) is 4.89. The number of rotatable bonds is 6. The zero-order chi connectivity index (χ0) is 28.6. The number of nitrogens with zero attached hydrogens (tertiary/aromatic N) is 1. The van der Waals surface area contributed by atoms with Gasteiger partial charge in [-0.25, -0.2) is 4.79 Å². The zero-order valence-electron chi connectivity index (χ0n) is 21.3. The topological polar surface area (TPSA) is 69.4 Å². The summed E-state index contributed by atoms with van der Waals surface area (Å²) in [6.45, 7) is 0.0683. The number of pyridine rings is 1. The molecule has 0 aliphatic carbocycles. The number of ketones is 1. The minimum absolute atomic E-state index is 0.0683. The van der Waals surface area contributed by atoms with E-state index >= 15 is 0 Å². The van der Waals surface area contributed by atoms with E-state index in [4.69, 9.17) is 9.15 Å². The third-order valence-corrected chi connectivity index (χ3v) is 6.80. The molecule has 2 aromatic heterocycles. The number of hydrogen-bond donors (Lipinski definition) is 0. The van der Waals surface area contributed by atoms with Gasteiger partial charge in [0.2, 0.25) is 0 Å². The lowest BCUT2D eigenvalue weighted by atomic mass is 9.91. The predicted molar refractivity (Wildman–Crippen MR) is 149 cm³/mol. The summed E-state index contributed by atoms with van der Waals surface area (Å²) >= 11 is 0. The van der Waals surface area contributed by atoms with Crippen LogP contribution in [0.4, 0.5) is 13.2 Å².